The van der Waals surface area contributed by atoms with E-state index in [2.05, 4.69) is 21.2 Å². The summed E-state index contributed by atoms with van der Waals surface area (Å²) in [4.78, 5) is 0. The first-order chi connectivity index (χ1) is 9.53. The van der Waals surface area contributed by atoms with Gasteiger partial charge in [0.15, 0.2) is 21.3 Å². The SMILES string of the molecule is O=S1(=O)C=CC(NCc2cc(Br)c3c(c2)OCCO3)C1. The Morgan fingerprint density at radius 3 is 2.85 bits per heavy atom. The minimum Gasteiger partial charge on any atom is -0.486 e. The lowest BCUT2D eigenvalue weighted by atomic mass is 10.2. The van der Waals surface area contributed by atoms with Gasteiger partial charge in [-0.1, -0.05) is 6.08 Å². The molecule has 0 spiro atoms. The first-order valence-electron chi connectivity index (χ1n) is 6.26. The quantitative estimate of drug-likeness (QED) is 0.888. The van der Waals surface area contributed by atoms with Crippen LogP contribution in [0.15, 0.2) is 28.1 Å². The molecule has 5 nitrogen and oxygen atoms in total. The first kappa shape index (κ1) is 13.9. The molecule has 0 fully saturated rings. The van der Waals surface area contributed by atoms with Crippen molar-refractivity contribution in [3.63, 3.8) is 0 Å². The Hall–Kier alpha value is -1.05. The molecule has 20 heavy (non-hydrogen) atoms. The molecule has 0 radical (unpaired) electrons. The van der Waals surface area contributed by atoms with Crippen molar-refractivity contribution in [3.8, 4) is 11.5 Å². The molecule has 1 aromatic carbocycles. The molecule has 0 aromatic heterocycles. The monoisotopic (exact) mass is 359 g/mol. The Balaban J connectivity index is 1.69. The van der Waals surface area contributed by atoms with Crippen molar-refractivity contribution in [1.82, 2.24) is 5.32 Å². The van der Waals surface area contributed by atoms with Crippen molar-refractivity contribution >= 4 is 25.8 Å². The highest BCUT2D eigenvalue weighted by Crippen LogP contribution is 2.38. The Kier molecular flexibility index (Phi) is 3.74. The van der Waals surface area contributed by atoms with Gasteiger partial charge in [0.1, 0.15) is 13.2 Å². The maximum absolute atomic E-state index is 11.3. The van der Waals surface area contributed by atoms with E-state index in [4.69, 9.17) is 9.47 Å². The zero-order chi connectivity index (χ0) is 14.2. The summed E-state index contributed by atoms with van der Waals surface area (Å²) in [5, 5.41) is 4.47. The fraction of sp³-hybridized carbons (Fsp3) is 0.385. The van der Waals surface area contributed by atoms with Crippen LogP contribution >= 0.6 is 15.9 Å². The van der Waals surface area contributed by atoms with Gasteiger partial charge in [-0.3, -0.25) is 0 Å². The lowest BCUT2D eigenvalue weighted by molar-refractivity contribution is 0.170. The molecule has 3 rings (SSSR count). The van der Waals surface area contributed by atoms with Crippen molar-refractivity contribution in [1.29, 1.82) is 0 Å². The predicted molar refractivity (Wildman–Crippen MR) is 78.7 cm³/mol. The topological polar surface area (TPSA) is 64.6 Å². The molecule has 0 amide bonds. The summed E-state index contributed by atoms with van der Waals surface area (Å²) >= 11 is 3.46. The van der Waals surface area contributed by atoms with E-state index in [-0.39, 0.29) is 11.8 Å². The van der Waals surface area contributed by atoms with Crippen LogP contribution < -0.4 is 14.8 Å². The largest absolute Gasteiger partial charge is 0.486 e. The van der Waals surface area contributed by atoms with Crippen molar-refractivity contribution in [3.05, 3.63) is 33.7 Å². The van der Waals surface area contributed by atoms with Crippen LogP contribution in [0, 0.1) is 0 Å². The molecule has 1 aromatic rings. The highest BCUT2D eigenvalue weighted by Gasteiger charge is 2.21. The van der Waals surface area contributed by atoms with Crippen molar-refractivity contribution in [2.45, 2.75) is 12.6 Å². The van der Waals surface area contributed by atoms with Crippen LogP contribution in [0.5, 0.6) is 11.5 Å². The molecule has 0 aliphatic carbocycles. The molecule has 1 atom stereocenters. The average molecular weight is 360 g/mol. The van der Waals surface area contributed by atoms with Gasteiger partial charge in [-0.2, -0.15) is 0 Å². The van der Waals surface area contributed by atoms with Gasteiger partial charge in [0.05, 0.1) is 10.2 Å². The Bertz CT molecular complexity index is 657. The molecule has 0 bridgehead atoms. The summed E-state index contributed by atoms with van der Waals surface area (Å²) in [6.45, 7) is 1.66. The Morgan fingerprint density at radius 1 is 1.30 bits per heavy atom. The van der Waals surface area contributed by atoms with Gasteiger partial charge < -0.3 is 14.8 Å². The van der Waals surface area contributed by atoms with E-state index in [0.717, 1.165) is 21.5 Å². The zero-order valence-electron chi connectivity index (χ0n) is 10.6. The van der Waals surface area contributed by atoms with E-state index in [1.165, 1.54) is 5.41 Å². The number of ether oxygens (including phenoxy) is 2. The molecule has 0 saturated carbocycles. The summed E-state index contributed by atoms with van der Waals surface area (Å²) in [7, 11) is -3.02. The molecule has 2 aliphatic rings. The van der Waals surface area contributed by atoms with Crippen molar-refractivity contribution in [2.75, 3.05) is 19.0 Å². The van der Waals surface area contributed by atoms with Crippen LogP contribution in [0.3, 0.4) is 0 Å². The van der Waals surface area contributed by atoms with Crippen molar-refractivity contribution < 1.29 is 17.9 Å². The maximum Gasteiger partial charge on any atom is 0.175 e. The van der Waals surface area contributed by atoms with Gasteiger partial charge in [0, 0.05) is 18.0 Å². The molecule has 1 unspecified atom stereocenters. The fourth-order valence-corrected chi connectivity index (χ4v) is 4.09. The first-order valence-corrected chi connectivity index (χ1v) is 8.77. The number of halogens is 1. The van der Waals surface area contributed by atoms with Crippen LogP contribution in [0.25, 0.3) is 0 Å². The third-order valence-electron chi connectivity index (χ3n) is 3.16. The van der Waals surface area contributed by atoms with Crippen LogP contribution in [-0.4, -0.2) is 33.4 Å². The highest BCUT2D eigenvalue weighted by atomic mass is 79.9. The highest BCUT2D eigenvalue weighted by molar-refractivity contribution is 9.10. The standard InChI is InChI=1S/C13H14BrNO4S/c14-11-5-9(6-12-13(11)19-3-2-18-12)7-15-10-1-4-20(16,17)8-10/h1,4-6,10,15H,2-3,7-8H2. The smallest absolute Gasteiger partial charge is 0.175 e. The third-order valence-corrected chi connectivity index (χ3v) is 5.14. The number of nitrogens with one attached hydrogen (secondary N) is 1. The third kappa shape index (κ3) is 2.99. The lowest BCUT2D eigenvalue weighted by Gasteiger charge is -2.21. The zero-order valence-corrected chi connectivity index (χ0v) is 13.0. The van der Waals surface area contributed by atoms with E-state index in [9.17, 15) is 8.42 Å². The summed E-state index contributed by atoms with van der Waals surface area (Å²) in [5.41, 5.74) is 1.01. The normalized spacial score (nSPS) is 22.9. The number of sulfone groups is 1. The van der Waals surface area contributed by atoms with Gasteiger partial charge in [-0.25, -0.2) is 8.42 Å². The Morgan fingerprint density at radius 2 is 2.10 bits per heavy atom. The summed E-state index contributed by atoms with van der Waals surface area (Å²) in [6, 6.07) is 3.74. The van der Waals surface area contributed by atoms with E-state index in [0.29, 0.717) is 19.8 Å². The fourth-order valence-electron chi connectivity index (χ4n) is 2.22. The molecular weight excluding hydrogens is 346 g/mol. The molecule has 1 N–H and O–H groups in total. The van der Waals surface area contributed by atoms with Crippen LogP contribution in [-0.2, 0) is 16.4 Å². The number of hydrogen-bond donors (Lipinski definition) is 1. The van der Waals surface area contributed by atoms with Gasteiger partial charge in [0.2, 0.25) is 0 Å². The van der Waals surface area contributed by atoms with Crippen LogP contribution in [0.1, 0.15) is 5.56 Å². The molecule has 7 heteroatoms. The van der Waals surface area contributed by atoms with Crippen molar-refractivity contribution in [2.24, 2.45) is 0 Å². The maximum atomic E-state index is 11.3. The molecule has 2 aliphatic heterocycles. The molecule has 2 heterocycles. The Labute approximate surface area is 126 Å². The second-order valence-electron chi connectivity index (χ2n) is 4.75. The van der Waals surface area contributed by atoms with E-state index in [1.807, 2.05) is 12.1 Å². The molecular formula is C13H14BrNO4S. The summed E-state index contributed by atoms with van der Waals surface area (Å²) < 4.78 is 34.6. The number of benzene rings is 1. The van der Waals surface area contributed by atoms with Gasteiger partial charge in [-0.05, 0) is 33.6 Å². The average Bonchev–Trinajstić information content (AvgIpc) is 2.76. The summed E-state index contributed by atoms with van der Waals surface area (Å²) in [5.74, 6) is 1.57. The second-order valence-corrected chi connectivity index (χ2v) is 7.53. The lowest BCUT2D eigenvalue weighted by Crippen LogP contribution is -2.29. The number of rotatable bonds is 3. The van der Waals surface area contributed by atoms with Gasteiger partial charge in [-0.15, -0.1) is 0 Å². The van der Waals surface area contributed by atoms with Crippen LogP contribution in [0.2, 0.25) is 0 Å². The molecule has 0 saturated heterocycles. The van der Waals surface area contributed by atoms with Gasteiger partial charge >= 0.3 is 0 Å². The molecule has 108 valence electrons. The van der Waals surface area contributed by atoms with E-state index in [1.54, 1.807) is 6.08 Å². The van der Waals surface area contributed by atoms with Crippen LogP contribution in [0.4, 0.5) is 0 Å². The predicted octanol–water partition coefficient (Wildman–Crippen LogP) is 1.62. The van der Waals surface area contributed by atoms with E-state index >= 15 is 0 Å². The van der Waals surface area contributed by atoms with Gasteiger partial charge in [0.25, 0.3) is 0 Å². The van der Waals surface area contributed by atoms with E-state index < -0.39 is 9.84 Å². The minimum atomic E-state index is -3.02. The minimum absolute atomic E-state index is 0.124. The number of fused-ring (bicyclic) bond motifs is 1. The summed E-state index contributed by atoms with van der Waals surface area (Å²) in [6.07, 6.45) is 1.68. The second kappa shape index (κ2) is 5.38. The number of hydrogen-bond acceptors (Lipinski definition) is 5.